The van der Waals surface area contributed by atoms with Crippen molar-refractivity contribution >= 4 is 17.3 Å². The Hall–Kier alpha value is -1.18. The largest absolute Gasteiger partial charge is 0.377 e. The van der Waals surface area contributed by atoms with Gasteiger partial charge in [0.05, 0.1) is 30.0 Å². The molecule has 0 radical (unpaired) electrons. The Morgan fingerprint density at radius 3 is 2.67 bits per heavy atom. The van der Waals surface area contributed by atoms with Crippen molar-refractivity contribution in [1.82, 2.24) is 20.5 Å². The number of nitrogens with one attached hydrogen (secondary N) is 2. The Kier molecular flexibility index (Phi) is 9.51. The summed E-state index contributed by atoms with van der Waals surface area (Å²) in [6.07, 6.45) is 2.60. The van der Waals surface area contributed by atoms with Gasteiger partial charge in [-0.25, -0.2) is 9.98 Å². The summed E-state index contributed by atoms with van der Waals surface area (Å²) in [5.41, 5.74) is 1.06. The van der Waals surface area contributed by atoms with Gasteiger partial charge in [-0.15, -0.1) is 11.3 Å². The summed E-state index contributed by atoms with van der Waals surface area (Å²) in [5.74, 6) is 1.38. The highest BCUT2D eigenvalue weighted by molar-refractivity contribution is 7.09. The van der Waals surface area contributed by atoms with Gasteiger partial charge in [-0.2, -0.15) is 0 Å². The normalized spacial score (nSPS) is 17.1. The van der Waals surface area contributed by atoms with Crippen LogP contribution >= 0.6 is 11.3 Å². The molecule has 0 atom stereocenters. The molecule has 2 heterocycles. The molecule has 6 nitrogen and oxygen atoms in total. The maximum Gasteiger partial charge on any atom is 0.191 e. The second kappa shape index (κ2) is 11.6. The Morgan fingerprint density at radius 2 is 2.07 bits per heavy atom. The molecule has 0 aromatic carbocycles. The summed E-state index contributed by atoms with van der Waals surface area (Å²) in [5, 5.41) is 10.3. The fourth-order valence-electron chi connectivity index (χ4n) is 3.05. The van der Waals surface area contributed by atoms with Crippen molar-refractivity contribution < 1.29 is 4.74 Å². The van der Waals surface area contributed by atoms with Crippen molar-refractivity contribution in [2.45, 2.75) is 72.1 Å². The monoisotopic (exact) mass is 395 g/mol. The van der Waals surface area contributed by atoms with Crippen LogP contribution in [0.25, 0.3) is 0 Å². The summed E-state index contributed by atoms with van der Waals surface area (Å²) in [6, 6.07) is 0.478. The molecule has 1 aliphatic heterocycles. The van der Waals surface area contributed by atoms with Crippen LogP contribution in [0.15, 0.2) is 10.4 Å². The van der Waals surface area contributed by atoms with Crippen molar-refractivity contribution in [2.75, 3.05) is 32.8 Å². The summed E-state index contributed by atoms with van der Waals surface area (Å²) < 4.78 is 5.67. The number of aliphatic imine (C=N–C) groups is 1. The van der Waals surface area contributed by atoms with E-state index in [0.29, 0.717) is 24.6 Å². The molecule has 1 fully saturated rings. The Morgan fingerprint density at radius 1 is 1.33 bits per heavy atom. The first-order valence-electron chi connectivity index (χ1n) is 10.3. The fourth-order valence-corrected chi connectivity index (χ4v) is 3.88. The first-order chi connectivity index (χ1) is 13.0. The number of hydrogen-bond donors (Lipinski definition) is 2. The van der Waals surface area contributed by atoms with E-state index < -0.39 is 0 Å². The minimum atomic E-state index is 0.317. The minimum absolute atomic E-state index is 0.317. The van der Waals surface area contributed by atoms with E-state index in [9.17, 15) is 0 Å². The molecule has 0 aliphatic carbocycles. The van der Waals surface area contributed by atoms with E-state index in [0.717, 1.165) is 57.3 Å². The first-order valence-corrected chi connectivity index (χ1v) is 11.2. The van der Waals surface area contributed by atoms with E-state index in [-0.39, 0.29) is 0 Å². The van der Waals surface area contributed by atoms with Crippen LogP contribution in [0.1, 0.15) is 64.1 Å². The number of rotatable bonds is 9. The zero-order chi connectivity index (χ0) is 19.6. The predicted molar refractivity (Wildman–Crippen MR) is 115 cm³/mol. The molecule has 0 saturated carbocycles. The van der Waals surface area contributed by atoms with Gasteiger partial charge in [-0.05, 0) is 33.6 Å². The second-order valence-electron chi connectivity index (χ2n) is 7.71. The molecule has 0 bridgehead atoms. The van der Waals surface area contributed by atoms with Crippen molar-refractivity contribution in [3.63, 3.8) is 0 Å². The third-order valence-corrected chi connectivity index (χ3v) is 5.79. The molecule has 1 aromatic heterocycles. The van der Waals surface area contributed by atoms with Crippen LogP contribution in [0.4, 0.5) is 0 Å². The molecule has 0 unspecified atom stereocenters. The molecule has 1 saturated heterocycles. The van der Waals surface area contributed by atoms with Gasteiger partial charge in [0.15, 0.2) is 5.96 Å². The third kappa shape index (κ3) is 8.15. The molecule has 27 heavy (non-hydrogen) atoms. The van der Waals surface area contributed by atoms with E-state index >= 15 is 0 Å². The summed E-state index contributed by atoms with van der Waals surface area (Å²) >= 11 is 1.73. The van der Waals surface area contributed by atoms with Gasteiger partial charge in [-0.1, -0.05) is 13.8 Å². The highest BCUT2D eigenvalue weighted by Crippen LogP contribution is 2.19. The summed E-state index contributed by atoms with van der Waals surface area (Å²) in [7, 11) is 0. The SMILES string of the molecule is CCNC(=NCc1csc(C(C)C)n1)NC1CCN(CCOC(C)C)CC1. The summed E-state index contributed by atoms with van der Waals surface area (Å²) in [4.78, 5) is 11.9. The molecule has 1 aromatic rings. The third-order valence-electron chi connectivity index (χ3n) is 4.59. The predicted octanol–water partition coefficient (Wildman–Crippen LogP) is 3.21. The van der Waals surface area contributed by atoms with Crippen LogP contribution < -0.4 is 10.6 Å². The van der Waals surface area contributed by atoms with E-state index in [1.807, 2.05) is 0 Å². The lowest BCUT2D eigenvalue weighted by Crippen LogP contribution is -2.49. The maximum atomic E-state index is 5.67. The molecule has 1 aliphatic rings. The van der Waals surface area contributed by atoms with E-state index in [2.05, 4.69) is 60.5 Å². The molecule has 2 N–H and O–H groups in total. The molecule has 154 valence electrons. The van der Waals surface area contributed by atoms with Gasteiger partial charge in [0, 0.05) is 43.5 Å². The van der Waals surface area contributed by atoms with Gasteiger partial charge in [0.25, 0.3) is 0 Å². The van der Waals surface area contributed by atoms with Crippen LogP contribution in [-0.4, -0.2) is 60.8 Å². The van der Waals surface area contributed by atoms with Crippen molar-refractivity contribution in [1.29, 1.82) is 0 Å². The lowest BCUT2D eigenvalue weighted by atomic mass is 10.1. The zero-order valence-electron chi connectivity index (χ0n) is 17.6. The number of likely N-dealkylation sites (tertiary alicyclic amines) is 1. The van der Waals surface area contributed by atoms with Crippen LogP contribution in [0.5, 0.6) is 0 Å². The quantitative estimate of drug-likeness (QED) is 0.497. The lowest BCUT2D eigenvalue weighted by Gasteiger charge is -2.33. The number of piperidine rings is 1. The van der Waals surface area contributed by atoms with Gasteiger partial charge in [-0.3, -0.25) is 0 Å². The Bertz CT molecular complexity index is 564. The highest BCUT2D eigenvalue weighted by Gasteiger charge is 2.19. The number of ether oxygens (including phenoxy) is 1. The number of hydrogen-bond acceptors (Lipinski definition) is 5. The number of guanidine groups is 1. The lowest BCUT2D eigenvalue weighted by molar-refractivity contribution is 0.0532. The Balaban J connectivity index is 1.78. The van der Waals surface area contributed by atoms with Crippen molar-refractivity contribution in [2.24, 2.45) is 4.99 Å². The van der Waals surface area contributed by atoms with Gasteiger partial charge >= 0.3 is 0 Å². The number of aromatic nitrogens is 1. The van der Waals surface area contributed by atoms with Crippen LogP contribution in [0.3, 0.4) is 0 Å². The number of nitrogens with zero attached hydrogens (tertiary/aromatic N) is 3. The summed E-state index contributed by atoms with van der Waals surface area (Å²) in [6.45, 7) is 16.2. The molecular weight excluding hydrogens is 358 g/mol. The van der Waals surface area contributed by atoms with Crippen molar-refractivity contribution in [3.8, 4) is 0 Å². The highest BCUT2D eigenvalue weighted by atomic mass is 32.1. The molecule has 2 rings (SSSR count). The second-order valence-corrected chi connectivity index (χ2v) is 8.60. The van der Waals surface area contributed by atoms with Crippen LogP contribution in [0.2, 0.25) is 0 Å². The van der Waals surface area contributed by atoms with E-state index in [1.54, 1.807) is 11.3 Å². The zero-order valence-corrected chi connectivity index (χ0v) is 18.4. The van der Waals surface area contributed by atoms with Gasteiger partial charge in [0.2, 0.25) is 0 Å². The number of thiazole rings is 1. The maximum absolute atomic E-state index is 5.67. The molecular formula is C20H37N5OS. The van der Waals surface area contributed by atoms with Crippen molar-refractivity contribution in [3.05, 3.63) is 16.1 Å². The van der Waals surface area contributed by atoms with E-state index in [4.69, 9.17) is 9.73 Å². The molecule has 0 amide bonds. The average molecular weight is 396 g/mol. The molecule has 7 heteroatoms. The topological polar surface area (TPSA) is 61.8 Å². The van der Waals surface area contributed by atoms with Crippen LogP contribution in [-0.2, 0) is 11.3 Å². The smallest absolute Gasteiger partial charge is 0.191 e. The fraction of sp³-hybridized carbons (Fsp3) is 0.800. The van der Waals surface area contributed by atoms with Gasteiger partial charge in [0.1, 0.15) is 0 Å². The standard InChI is InChI=1S/C20H37N5OS/c1-6-21-20(22-13-18-14-27-19(23-18)15(2)3)24-17-7-9-25(10-8-17)11-12-26-16(4)5/h14-17H,6-13H2,1-5H3,(H2,21,22,24). The first kappa shape index (κ1) is 22.1. The van der Waals surface area contributed by atoms with Gasteiger partial charge < -0.3 is 20.3 Å². The van der Waals surface area contributed by atoms with E-state index in [1.165, 1.54) is 5.01 Å². The Labute approximate surface area is 168 Å². The minimum Gasteiger partial charge on any atom is -0.377 e. The molecule has 0 spiro atoms. The average Bonchev–Trinajstić information content (AvgIpc) is 3.10. The van der Waals surface area contributed by atoms with Crippen LogP contribution in [0, 0.1) is 0 Å².